The van der Waals surface area contributed by atoms with Crippen molar-refractivity contribution in [1.29, 1.82) is 0 Å². The zero-order chi connectivity index (χ0) is 15.8. The number of benzene rings is 1. The molecular formula is C17H24ClNO2. The third kappa shape index (κ3) is 6.67. The molecule has 0 aliphatic carbocycles. The normalized spacial score (nSPS) is 12.7. The molecule has 0 saturated carbocycles. The number of methoxy groups -OCH3 is 1. The van der Waals surface area contributed by atoms with E-state index in [1.807, 2.05) is 36.1 Å². The van der Waals surface area contributed by atoms with Crippen LogP contribution in [0.25, 0.3) is 0 Å². The van der Waals surface area contributed by atoms with Gasteiger partial charge >= 0.3 is 0 Å². The van der Waals surface area contributed by atoms with Crippen LogP contribution in [0.3, 0.4) is 0 Å². The summed E-state index contributed by atoms with van der Waals surface area (Å²) in [6.07, 6.45) is 3.27. The number of amides is 1. The van der Waals surface area contributed by atoms with E-state index in [4.69, 9.17) is 16.3 Å². The first-order chi connectivity index (χ1) is 9.92. The maximum absolute atomic E-state index is 12.3. The number of carbonyl (C=O) groups is 1. The topological polar surface area (TPSA) is 29.5 Å². The zero-order valence-corrected chi connectivity index (χ0v) is 13.9. The number of nitrogens with zero attached hydrogens (tertiary/aromatic N) is 1. The van der Waals surface area contributed by atoms with Crippen LogP contribution in [0.15, 0.2) is 36.4 Å². The summed E-state index contributed by atoms with van der Waals surface area (Å²) < 4.78 is 5.14. The Bertz CT molecular complexity index is 466. The number of carbonyl (C=O) groups excluding carboxylic acids is 1. The van der Waals surface area contributed by atoms with E-state index >= 15 is 0 Å². The van der Waals surface area contributed by atoms with Crippen molar-refractivity contribution in [3.05, 3.63) is 42.0 Å². The summed E-state index contributed by atoms with van der Waals surface area (Å²) in [5.74, 6) is 1.22. The van der Waals surface area contributed by atoms with Crippen LogP contribution in [-0.2, 0) is 11.3 Å². The molecule has 1 amide bonds. The molecule has 0 N–H and O–H groups in total. The van der Waals surface area contributed by atoms with Gasteiger partial charge in [0.05, 0.1) is 7.11 Å². The SMILES string of the molecule is COc1ccc(CN(CC(C)C)C(=O)/C=C/C(C)Cl)cc1. The fourth-order valence-electron chi connectivity index (χ4n) is 1.94. The average Bonchev–Trinajstić information content (AvgIpc) is 2.44. The van der Waals surface area contributed by atoms with Crippen molar-refractivity contribution < 1.29 is 9.53 Å². The minimum Gasteiger partial charge on any atom is -0.497 e. The number of alkyl halides is 1. The number of hydrogen-bond donors (Lipinski definition) is 0. The van der Waals surface area contributed by atoms with Crippen molar-refractivity contribution in [2.45, 2.75) is 32.7 Å². The van der Waals surface area contributed by atoms with Crippen molar-refractivity contribution >= 4 is 17.5 Å². The van der Waals surface area contributed by atoms with Crippen molar-refractivity contribution in [3.8, 4) is 5.75 Å². The Morgan fingerprint density at radius 2 is 1.90 bits per heavy atom. The third-order valence-corrected chi connectivity index (χ3v) is 3.08. The molecule has 116 valence electrons. The monoisotopic (exact) mass is 309 g/mol. The van der Waals surface area contributed by atoms with Crippen molar-refractivity contribution in [2.75, 3.05) is 13.7 Å². The van der Waals surface area contributed by atoms with Gasteiger partial charge in [-0.3, -0.25) is 4.79 Å². The van der Waals surface area contributed by atoms with Gasteiger partial charge in [0.1, 0.15) is 5.75 Å². The van der Waals surface area contributed by atoms with Gasteiger partial charge in [-0.15, -0.1) is 11.6 Å². The van der Waals surface area contributed by atoms with Gasteiger partial charge in [0.25, 0.3) is 0 Å². The van der Waals surface area contributed by atoms with E-state index in [1.165, 1.54) is 0 Å². The zero-order valence-electron chi connectivity index (χ0n) is 13.2. The van der Waals surface area contributed by atoms with Gasteiger partial charge in [0.15, 0.2) is 0 Å². The molecule has 1 unspecified atom stereocenters. The molecular weight excluding hydrogens is 286 g/mol. The third-order valence-electron chi connectivity index (χ3n) is 2.93. The van der Waals surface area contributed by atoms with Gasteiger partial charge < -0.3 is 9.64 Å². The summed E-state index contributed by atoms with van der Waals surface area (Å²) in [5.41, 5.74) is 1.08. The molecule has 0 aliphatic heterocycles. The van der Waals surface area contributed by atoms with E-state index in [1.54, 1.807) is 19.3 Å². The molecule has 1 aromatic carbocycles. The highest BCUT2D eigenvalue weighted by molar-refractivity contribution is 6.21. The minimum absolute atomic E-state index is 0.00739. The Labute approximate surface area is 132 Å². The molecule has 21 heavy (non-hydrogen) atoms. The van der Waals surface area contributed by atoms with Gasteiger partial charge in [0.2, 0.25) is 5.91 Å². The smallest absolute Gasteiger partial charge is 0.246 e. The summed E-state index contributed by atoms with van der Waals surface area (Å²) in [4.78, 5) is 14.1. The molecule has 1 aromatic rings. The standard InChI is InChI=1S/C17H24ClNO2/c1-13(2)11-19(17(20)10-5-14(3)18)12-15-6-8-16(21-4)9-7-15/h5-10,13-14H,11-12H2,1-4H3/b10-5+. The Morgan fingerprint density at radius 1 is 1.29 bits per heavy atom. The van der Waals surface area contributed by atoms with Crippen LogP contribution >= 0.6 is 11.6 Å². The lowest BCUT2D eigenvalue weighted by Crippen LogP contribution is -2.32. The van der Waals surface area contributed by atoms with Crippen molar-refractivity contribution in [1.82, 2.24) is 4.90 Å². The van der Waals surface area contributed by atoms with E-state index in [9.17, 15) is 4.79 Å². The molecule has 1 atom stereocenters. The average molecular weight is 310 g/mol. The number of allylic oxidation sites excluding steroid dienone is 1. The van der Waals surface area contributed by atoms with Gasteiger partial charge in [-0.1, -0.05) is 32.1 Å². The predicted molar refractivity (Wildman–Crippen MR) is 87.7 cm³/mol. The van der Waals surface area contributed by atoms with Crippen molar-refractivity contribution in [3.63, 3.8) is 0 Å². The lowest BCUT2D eigenvalue weighted by Gasteiger charge is -2.23. The predicted octanol–water partition coefficient (Wildman–Crippen LogP) is 3.86. The first-order valence-electron chi connectivity index (χ1n) is 7.16. The van der Waals surface area contributed by atoms with Crippen LogP contribution in [-0.4, -0.2) is 29.8 Å². The Morgan fingerprint density at radius 3 is 2.38 bits per heavy atom. The summed E-state index contributed by atoms with van der Waals surface area (Å²) in [5, 5.41) is -0.143. The molecule has 0 heterocycles. The molecule has 3 nitrogen and oxygen atoms in total. The van der Waals surface area contributed by atoms with E-state index in [-0.39, 0.29) is 11.3 Å². The van der Waals surface area contributed by atoms with Gasteiger partial charge in [0, 0.05) is 24.5 Å². The van der Waals surface area contributed by atoms with E-state index in [0.29, 0.717) is 19.0 Å². The van der Waals surface area contributed by atoms with Gasteiger partial charge in [-0.05, 0) is 30.5 Å². The van der Waals surface area contributed by atoms with E-state index in [0.717, 1.165) is 11.3 Å². The first-order valence-corrected chi connectivity index (χ1v) is 7.60. The summed E-state index contributed by atoms with van der Waals surface area (Å²) in [7, 11) is 1.64. The maximum atomic E-state index is 12.3. The maximum Gasteiger partial charge on any atom is 0.246 e. The first kappa shape index (κ1) is 17.6. The summed E-state index contributed by atoms with van der Waals surface area (Å²) >= 11 is 5.85. The summed E-state index contributed by atoms with van der Waals surface area (Å²) in [6, 6.07) is 7.77. The quantitative estimate of drug-likeness (QED) is 0.565. The molecule has 0 fully saturated rings. The molecule has 0 saturated heterocycles. The molecule has 0 spiro atoms. The molecule has 0 radical (unpaired) electrons. The minimum atomic E-state index is -0.143. The number of halogens is 1. The van der Waals surface area contributed by atoms with Crippen LogP contribution in [0, 0.1) is 5.92 Å². The van der Waals surface area contributed by atoms with Crippen LogP contribution in [0.5, 0.6) is 5.75 Å². The highest BCUT2D eigenvalue weighted by Crippen LogP contribution is 2.14. The molecule has 0 aromatic heterocycles. The molecule has 4 heteroatoms. The van der Waals surface area contributed by atoms with Crippen LogP contribution < -0.4 is 4.74 Å². The van der Waals surface area contributed by atoms with Gasteiger partial charge in [-0.25, -0.2) is 0 Å². The second kappa shape index (κ2) is 8.73. The fourth-order valence-corrected chi connectivity index (χ4v) is 2.02. The molecule has 0 bridgehead atoms. The van der Waals surface area contributed by atoms with Gasteiger partial charge in [-0.2, -0.15) is 0 Å². The van der Waals surface area contributed by atoms with E-state index in [2.05, 4.69) is 13.8 Å². The molecule has 1 rings (SSSR count). The Kier molecular flexibility index (Phi) is 7.30. The summed E-state index contributed by atoms with van der Waals surface area (Å²) in [6.45, 7) is 7.33. The molecule has 0 aliphatic rings. The van der Waals surface area contributed by atoms with Crippen LogP contribution in [0.4, 0.5) is 0 Å². The second-order valence-corrected chi connectivity index (χ2v) is 6.19. The van der Waals surface area contributed by atoms with Crippen molar-refractivity contribution in [2.24, 2.45) is 5.92 Å². The fraction of sp³-hybridized carbons (Fsp3) is 0.471. The highest BCUT2D eigenvalue weighted by Gasteiger charge is 2.13. The second-order valence-electron chi connectivity index (χ2n) is 5.50. The Balaban J connectivity index is 2.79. The Hall–Kier alpha value is -1.48. The van der Waals surface area contributed by atoms with Crippen LogP contribution in [0.1, 0.15) is 26.3 Å². The lowest BCUT2D eigenvalue weighted by atomic mass is 10.1. The lowest BCUT2D eigenvalue weighted by molar-refractivity contribution is -0.127. The van der Waals surface area contributed by atoms with E-state index < -0.39 is 0 Å². The highest BCUT2D eigenvalue weighted by atomic mass is 35.5. The number of rotatable bonds is 7. The number of hydrogen-bond acceptors (Lipinski definition) is 2. The van der Waals surface area contributed by atoms with Crippen LogP contribution in [0.2, 0.25) is 0 Å². The number of ether oxygens (including phenoxy) is 1. The largest absolute Gasteiger partial charge is 0.497 e.